The van der Waals surface area contributed by atoms with Gasteiger partial charge in [-0.05, 0) is 43.7 Å². The molecule has 1 fully saturated rings. The predicted octanol–water partition coefficient (Wildman–Crippen LogP) is 1.02. The molecule has 21 heavy (non-hydrogen) atoms. The zero-order valence-electron chi connectivity index (χ0n) is 11.9. The van der Waals surface area contributed by atoms with Crippen LogP contribution in [0.4, 0.5) is 0 Å². The fourth-order valence-electron chi connectivity index (χ4n) is 2.44. The summed E-state index contributed by atoms with van der Waals surface area (Å²) in [5.74, 6) is -0.210. The Morgan fingerprint density at radius 1 is 1.38 bits per heavy atom. The molecular formula is C14H19NO5S. The molecule has 1 saturated heterocycles. The second-order valence-corrected chi connectivity index (χ2v) is 7.14. The van der Waals surface area contributed by atoms with Crippen LogP contribution in [0.3, 0.4) is 0 Å². The maximum absolute atomic E-state index is 11.3. The van der Waals surface area contributed by atoms with Gasteiger partial charge in [0.25, 0.3) is 0 Å². The van der Waals surface area contributed by atoms with Gasteiger partial charge in [-0.15, -0.1) is 0 Å². The molecule has 6 nitrogen and oxygen atoms in total. The predicted molar refractivity (Wildman–Crippen MR) is 77.3 cm³/mol. The Balaban J connectivity index is 1.85. The second-order valence-electron chi connectivity index (χ2n) is 5.12. The molecule has 1 aromatic rings. The van der Waals surface area contributed by atoms with Gasteiger partial charge in [-0.2, -0.15) is 0 Å². The van der Waals surface area contributed by atoms with Gasteiger partial charge in [0.05, 0.1) is 4.90 Å². The van der Waals surface area contributed by atoms with Crippen LogP contribution in [-0.2, 0) is 14.6 Å². The molecule has 1 aliphatic rings. The molecule has 0 saturated carbocycles. The lowest BCUT2D eigenvalue weighted by molar-refractivity contribution is -0.142. The van der Waals surface area contributed by atoms with E-state index in [9.17, 15) is 13.2 Å². The molecule has 2 rings (SSSR count). The van der Waals surface area contributed by atoms with Crippen molar-refractivity contribution in [3.05, 3.63) is 24.3 Å². The Labute approximate surface area is 124 Å². The SMILES string of the molecule is CS(=O)(=O)c1ccc(OCCN2CCC[C@H]2C(=O)O)cc1. The summed E-state index contributed by atoms with van der Waals surface area (Å²) in [6, 6.07) is 5.80. The van der Waals surface area contributed by atoms with Crippen LogP contribution in [0, 0.1) is 0 Å². The highest BCUT2D eigenvalue weighted by molar-refractivity contribution is 7.90. The summed E-state index contributed by atoms with van der Waals surface area (Å²) >= 11 is 0. The van der Waals surface area contributed by atoms with Crippen LogP contribution in [0.15, 0.2) is 29.2 Å². The molecule has 1 N–H and O–H groups in total. The van der Waals surface area contributed by atoms with Crippen molar-refractivity contribution in [2.24, 2.45) is 0 Å². The van der Waals surface area contributed by atoms with Gasteiger partial charge in [0.1, 0.15) is 18.4 Å². The van der Waals surface area contributed by atoms with Crippen molar-refractivity contribution >= 4 is 15.8 Å². The van der Waals surface area contributed by atoms with E-state index in [-0.39, 0.29) is 4.90 Å². The number of carbonyl (C=O) groups is 1. The molecule has 0 amide bonds. The average Bonchev–Trinajstić information content (AvgIpc) is 2.87. The Bertz CT molecular complexity index is 596. The number of rotatable bonds is 6. The fraction of sp³-hybridized carbons (Fsp3) is 0.500. The highest BCUT2D eigenvalue weighted by atomic mass is 32.2. The molecule has 1 atom stereocenters. The van der Waals surface area contributed by atoms with Gasteiger partial charge in [0.15, 0.2) is 9.84 Å². The molecule has 0 aromatic heterocycles. The number of hydrogen-bond acceptors (Lipinski definition) is 5. The van der Waals surface area contributed by atoms with Crippen LogP contribution < -0.4 is 4.74 Å². The summed E-state index contributed by atoms with van der Waals surface area (Å²) in [5.41, 5.74) is 0. The number of ether oxygens (including phenoxy) is 1. The Morgan fingerprint density at radius 2 is 2.05 bits per heavy atom. The number of aliphatic carboxylic acids is 1. The third-order valence-corrected chi connectivity index (χ3v) is 4.68. The summed E-state index contributed by atoms with van der Waals surface area (Å²) < 4.78 is 28.2. The maximum Gasteiger partial charge on any atom is 0.320 e. The minimum Gasteiger partial charge on any atom is -0.492 e. The minimum atomic E-state index is -3.20. The first-order valence-electron chi connectivity index (χ1n) is 6.78. The van der Waals surface area contributed by atoms with Crippen molar-refractivity contribution in [3.8, 4) is 5.75 Å². The van der Waals surface area contributed by atoms with Crippen molar-refractivity contribution in [3.63, 3.8) is 0 Å². The van der Waals surface area contributed by atoms with Crippen molar-refractivity contribution in [1.82, 2.24) is 4.90 Å². The molecule has 0 spiro atoms. The number of likely N-dealkylation sites (tertiary alicyclic amines) is 1. The summed E-state index contributed by atoms with van der Waals surface area (Å²) in [7, 11) is -3.20. The van der Waals surface area contributed by atoms with E-state index in [1.165, 1.54) is 12.1 Å². The van der Waals surface area contributed by atoms with Gasteiger partial charge in [0, 0.05) is 12.8 Å². The standard InChI is InChI=1S/C14H19NO5S/c1-21(18,19)12-6-4-11(5-7-12)20-10-9-15-8-2-3-13(15)14(16)17/h4-7,13H,2-3,8-10H2,1H3,(H,16,17)/t13-/m0/s1. The monoisotopic (exact) mass is 313 g/mol. The van der Waals surface area contributed by atoms with E-state index in [1.807, 2.05) is 4.90 Å². The largest absolute Gasteiger partial charge is 0.492 e. The smallest absolute Gasteiger partial charge is 0.320 e. The van der Waals surface area contributed by atoms with Crippen LogP contribution in [0.2, 0.25) is 0 Å². The highest BCUT2D eigenvalue weighted by Crippen LogP contribution is 2.18. The Hall–Kier alpha value is -1.60. The third-order valence-electron chi connectivity index (χ3n) is 3.55. The summed E-state index contributed by atoms with van der Waals surface area (Å²) in [6.07, 6.45) is 2.72. The zero-order chi connectivity index (χ0) is 15.5. The van der Waals surface area contributed by atoms with E-state index in [0.717, 1.165) is 19.2 Å². The van der Waals surface area contributed by atoms with Crippen molar-refractivity contribution in [2.45, 2.75) is 23.8 Å². The number of benzene rings is 1. The Morgan fingerprint density at radius 3 is 2.62 bits per heavy atom. The van der Waals surface area contributed by atoms with Gasteiger partial charge >= 0.3 is 5.97 Å². The van der Waals surface area contributed by atoms with E-state index >= 15 is 0 Å². The van der Waals surface area contributed by atoms with Gasteiger partial charge < -0.3 is 9.84 Å². The van der Waals surface area contributed by atoms with Crippen LogP contribution in [0.1, 0.15) is 12.8 Å². The molecule has 0 bridgehead atoms. The van der Waals surface area contributed by atoms with Crippen LogP contribution in [0.5, 0.6) is 5.75 Å². The molecule has 0 radical (unpaired) electrons. The zero-order valence-corrected chi connectivity index (χ0v) is 12.7. The quantitative estimate of drug-likeness (QED) is 0.844. The topological polar surface area (TPSA) is 83.9 Å². The summed E-state index contributed by atoms with van der Waals surface area (Å²) in [5, 5.41) is 9.07. The van der Waals surface area contributed by atoms with Gasteiger partial charge in [-0.1, -0.05) is 0 Å². The van der Waals surface area contributed by atoms with Crippen molar-refractivity contribution < 1.29 is 23.1 Å². The van der Waals surface area contributed by atoms with Crippen LogP contribution in [-0.4, -0.2) is 56.4 Å². The number of nitrogens with zero attached hydrogens (tertiary/aromatic N) is 1. The van der Waals surface area contributed by atoms with E-state index in [4.69, 9.17) is 9.84 Å². The molecule has 1 heterocycles. The van der Waals surface area contributed by atoms with Crippen LogP contribution in [0.25, 0.3) is 0 Å². The summed E-state index contributed by atoms with van der Waals surface area (Å²) in [6.45, 7) is 1.69. The lowest BCUT2D eigenvalue weighted by Gasteiger charge is -2.20. The molecule has 1 aliphatic heterocycles. The number of carboxylic acids is 1. The molecular weight excluding hydrogens is 294 g/mol. The first-order valence-corrected chi connectivity index (χ1v) is 8.67. The van der Waals surface area contributed by atoms with E-state index in [1.54, 1.807) is 12.1 Å². The second kappa shape index (κ2) is 6.44. The van der Waals surface area contributed by atoms with Gasteiger partial charge in [-0.25, -0.2) is 8.42 Å². The minimum absolute atomic E-state index is 0.250. The molecule has 116 valence electrons. The Kier molecular flexibility index (Phi) is 4.84. The third kappa shape index (κ3) is 4.18. The number of hydrogen-bond donors (Lipinski definition) is 1. The lowest BCUT2D eigenvalue weighted by Crippen LogP contribution is -2.38. The lowest BCUT2D eigenvalue weighted by atomic mass is 10.2. The first-order chi connectivity index (χ1) is 9.88. The van der Waals surface area contributed by atoms with E-state index in [0.29, 0.717) is 25.3 Å². The molecule has 7 heteroatoms. The van der Waals surface area contributed by atoms with Gasteiger partial charge in [0.2, 0.25) is 0 Å². The van der Waals surface area contributed by atoms with E-state index < -0.39 is 21.8 Å². The maximum atomic E-state index is 11.3. The number of sulfone groups is 1. The molecule has 1 aromatic carbocycles. The molecule has 0 aliphatic carbocycles. The number of carboxylic acid groups (broad SMARTS) is 1. The van der Waals surface area contributed by atoms with Crippen molar-refractivity contribution in [1.29, 1.82) is 0 Å². The summed E-state index contributed by atoms with van der Waals surface area (Å²) in [4.78, 5) is 13.2. The molecule has 0 unspecified atom stereocenters. The van der Waals surface area contributed by atoms with Crippen molar-refractivity contribution in [2.75, 3.05) is 26.0 Å². The van der Waals surface area contributed by atoms with E-state index in [2.05, 4.69) is 0 Å². The first kappa shape index (κ1) is 15.8. The highest BCUT2D eigenvalue weighted by Gasteiger charge is 2.29. The average molecular weight is 313 g/mol. The van der Waals surface area contributed by atoms with Crippen LogP contribution >= 0.6 is 0 Å². The fourth-order valence-corrected chi connectivity index (χ4v) is 3.07. The normalized spacial score (nSPS) is 19.6. The van der Waals surface area contributed by atoms with Gasteiger partial charge in [-0.3, -0.25) is 9.69 Å².